The molecule has 0 N–H and O–H groups in total. The Hall–Kier alpha value is -3.40. The van der Waals surface area contributed by atoms with E-state index in [1.165, 1.54) is 13.2 Å². The van der Waals surface area contributed by atoms with Gasteiger partial charge >= 0.3 is 6.09 Å². The molecule has 7 heteroatoms. The Balaban J connectivity index is 2.21. The summed E-state index contributed by atoms with van der Waals surface area (Å²) in [5.41, 5.74) is -2.20. The van der Waals surface area contributed by atoms with Gasteiger partial charge in [-0.15, -0.1) is 0 Å². The summed E-state index contributed by atoms with van der Waals surface area (Å²) in [5.74, 6) is -0.897. The van der Waals surface area contributed by atoms with Gasteiger partial charge in [0.2, 0.25) is 0 Å². The minimum atomic E-state index is -1.87. The van der Waals surface area contributed by atoms with E-state index in [1.807, 2.05) is 6.07 Å². The summed E-state index contributed by atoms with van der Waals surface area (Å²) in [5, 5.41) is 10.0. The molecule has 28 heavy (non-hydrogen) atoms. The van der Waals surface area contributed by atoms with Crippen LogP contribution in [0, 0.1) is 17.1 Å². The molecule has 0 saturated carbocycles. The number of nitrogens with zero attached hydrogens (tertiary/aromatic N) is 2. The van der Waals surface area contributed by atoms with Crippen molar-refractivity contribution in [3.05, 3.63) is 59.4 Å². The second-order valence-corrected chi connectivity index (χ2v) is 7.37. The van der Waals surface area contributed by atoms with Crippen molar-refractivity contribution >= 4 is 17.7 Å². The van der Waals surface area contributed by atoms with Crippen LogP contribution in [0.2, 0.25) is 0 Å². The monoisotopic (exact) mass is 382 g/mol. The maximum Gasteiger partial charge on any atom is 0.421 e. The Morgan fingerprint density at radius 1 is 1.18 bits per heavy atom. The van der Waals surface area contributed by atoms with Crippen LogP contribution in [0.15, 0.2) is 42.5 Å². The highest BCUT2D eigenvalue weighted by Crippen LogP contribution is 2.47. The van der Waals surface area contributed by atoms with Crippen LogP contribution in [0.4, 0.5) is 14.9 Å². The van der Waals surface area contributed by atoms with E-state index >= 15 is 0 Å². The smallest absolute Gasteiger partial charge is 0.421 e. The van der Waals surface area contributed by atoms with Gasteiger partial charge in [-0.3, -0.25) is 4.79 Å². The van der Waals surface area contributed by atoms with Crippen molar-refractivity contribution in [3.63, 3.8) is 0 Å². The molecule has 2 aromatic carbocycles. The van der Waals surface area contributed by atoms with Crippen LogP contribution in [0.1, 0.15) is 31.9 Å². The van der Waals surface area contributed by atoms with E-state index < -0.39 is 28.8 Å². The number of rotatable bonds is 2. The van der Waals surface area contributed by atoms with Gasteiger partial charge in [0.05, 0.1) is 18.9 Å². The molecule has 2 aromatic rings. The van der Waals surface area contributed by atoms with Crippen molar-refractivity contribution in [1.82, 2.24) is 0 Å². The summed E-state index contributed by atoms with van der Waals surface area (Å²) in [6.45, 7) is 4.99. The molecule has 6 nitrogen and oxygen atoms in total. The summed E-state index contributed by atoms with van der Waals surface area (Å²) in [6, 6.07) is 11.8. The molecule has 1 heterocycles. The summed E-state index contributed by atoms with van der Waals surface area (Å²) in [4.78, 5) is 26.9. The Labute approximate surface area is 162 Å². The Bertz CT molecular complexity index is 989. The Morgan fingerprint density at radius 3 is 2.36 bits per heavy atom. The number of halogens is 1. The number of anilines is 1. The van der Waals surface area contributed by atoms with Crippen LogP contribution in [-0.4, -0.2) is 24.7 Å². The number of benzene rings is 2. The van der Waals surface area contributed by atoms with Crippen LogP contribution in [-0.2, 0) is 14.9 Å². The first-order valence-electron chi connectivity index (χ1n) is 8.57. The lowest BCUT2D eigenvalue weighted by atomic mass is 9.76. The van der Waals surface area contributed by atoms with Crippen molar-refractivity contribution < 1.29 is 23.5 Å². The summed E-state index contributed by atoms with van der Waals surface area (Å²) in [7, 11) is 1.49. The zero-order chi connectivity index (χ0) is 20.7. The van der Waals surface area contributed by atoms with Crippen molar-refractivity contribution in [2.24, 2.45) is 0 Å². The van der Waals surface area contributed by atoms with E-state index in [4.69, 9.17) is 9.47 Å². The second kappa shape index (κ2) is 6.64. The normalized spacial score (nSPS) is 18.4. The molecule has 0 bridgehead atoms. The molecule has 2 amide bonds. The van der Waals surface area contributed by atoms with Gasteiger partial charge in [0.15, 0.2) is 5.41 Å². The molecule has 0 unspecified atom stereocenters. The lowest BCUT2D eigenvalue weighted by molar-refractivity contribution is -0.120. The van der Waals surface area contributed by atoms with Crippen LogP contribution in [0.5, 0.6) is 5.75 Å². The van der Waals surface area contributed by atoms with Crippen molar-refractivity contribution in [2.75, 3.05) is 12.0 Å². The van der Waals surface area contributed by atoms with Crippen molar-refractivity contribution in [1.29, 1.82) is 5.26 Å². The fourth-order valence-electron chi connectivity index (χ4n) is 3.18. The zero-order valence-corrected chi connectivity index (χ0v) is 15.9. The largest absolute Gasteiger partial charge is 0.497 e. The van der Waals surface area contributed by atoms with E-state index in [0.717, 1.165) is 17.0 Å². The number of ether oxygens (including phenoxy) is 2. The molecular weight excluding hydrogens is 363 g/mol. The minimum Gasteiger partial charge on any atom is -0.497 e. The number of methoxy groups -OCH3 is 1. The molecule has 1 aliphatic heterocycles. The van der Waals surface area contributed by atoms with Crippen LogP contribution in [0.3, 0.4) is 0 Å². The highest BCUT2D eigenvalue weighted by atomic mass is 19.1. The topological polar surface area (TPSA) is 79.6 Å². The van der Waals surface area contributed by atoms with Crippen molar-refractivity contribution in [3.8, 4) is 11.8 Å². The van der Waals surface area contributed by atoms with Gasteiger partial charge in [0.25, 0.3) is 5.91 Å². The van der Waals surface area contributed by atoms with Gasteiger partial charge in [0, 0.05) is 5.56 Å². The van der Waals surface area contributed by atoms with Gasteiger partial charge < -0.3 is 9.47 Å². The summed E-state index contributed by atoms with van der Waals surface area (Å²) >= 11 is 0. The number of imide groups is 1. The predicted molar refractivity (Wildman–Crippen MR) is 99.5 cm³/mol. The average Bonchev–Trinajstić information content (AvgIpc) is 2.88. The van der Waals surface area contributed by atoms with Gasteiger partial charge in [-0.25, -0.2) is 14.1 Å². The number of hydrogen-bond donors (Lipinski definition) is 0. The van der Waals surface area contributed by atoms with E-state index in [0.29, 0.717) is 11.3 Å². The lowest BCUT2D eigenvalue weighted by Gasteiger charge is -2.25. The number of nitriles is 1. The molecule has 144 valence electrons. The van der Waals surface area contributed by atoms with Crippen LogP contribution >= 0.6 is 0 Å². The third-order valence-corrected chi connectivity index (χ3v) is 4.39. The first-order chi connectivity index (χ1) is 13.1. The van der Waals surface area contributed by atoms with Gasteiger partial charge in [-0.2, -0.15) is 5.26 Å². The average molecular weight is 382 g/mol. The fraction of sp³-hybridized carbons (Fsp3) is 0.286. The lowest BCUT2D eigenvalue weighted by Crippen LogP contribution is -2.45. The van der Waals surface area contributed by atoms with E-state index in [9.17, 15) is 19.2 Å². The predicted octanol–water partition coefficient (Wildman–Crippen LogP) is 3.93. The molecule has 0 spiro atoms. The maximum atomic E-state index is 14.0. The standard InChI is InChI=1S/C21H19FN2O4/c1-20(2,3)28-19(26)24-17-10-7-14(22)11-16(17)21(12-23,18(24)25)13-5-8-15(27-4)9-6-13/h5-11H,1-4H3/t21-/m1/s1. The molecule has 0 radical (unpaired) electrons. The molecule has 1 aliphatic rings. The first-order valence-corrected chi connectivity index (χ1v) is 8.57. The minimum absolute atomic E-state index is 0.0935. The van der Waals surface area contributed by atoms with Gasteiger partial charge in [-0.05, 0) is 56.7 Å². The molecule has 0 aromatic heterocycles. The molecule has 0 fully saturated rings. The van der Waals surface area contributed by atoms with Crippen LogP contribution in [0.25, 0.3) is 0 Å². The summed E-state index contributed by atoms with van der Waals surface area (Å²) in [6.07, 6.45) is -0.920. The molecular formula is C21H19FN2O4. The van der Waals surface area contributed by atoms with E-state index in [-0.39, 0.29) is 11.3 Å². The Morgan fingerprint density at radius 2 is 1.82 bits per heavy atom. The SMILES string of the molecule is COc1ccc([C@@]2(C#N)C(=O)N(C(=O)OC(C)(C)C)c3ccc(F)cc32)cc1. The number of hydrogen-bond acceptors (Lipinski definition) is 5. The number of fused-ring (bicyclic) bond motifs is 1. The molecule has 3 rings (SSSR count). The highest BCUT2D eigenvalue weighted by Gasteiger charge is 2.56. The molecule has 0 aliphatic carbocycles. The highest BCUT2D eigenvalue weighted by molar-refractivity contribution is 6.23. The van der Waals surface area contributed by atoms with E-state index in [1.54, 1.807) is 45.0 Å². The Kier molecular flexibility index (Phi) is 4.59. The van der Waals surface area contributed by atoms with Crippen LogP contribution < -0.4 is 9.64 Å². The molecule has 0 saturated heterocycles. The number of amides is 2. The van der Waals surface area contributed by atoms with E-state index in [2.05, 4.69) is 0 Å². The molecule has 1 atom stereocenters. The fourth-order valence-corrected chi connectivity index (χ4v) is 3.18. The summed E-state index contributed by atoms with van der Waals surface area (Å²) < 4.78 is 24.5. The third-order valence-electron chi connectivity index (χ3n) is 4.39. The van der Waals surface area contributed by atoms with Gasteiger partial charge in [-0.1, -0.05) is 12.1 Å². The quantitative estimate of drug-likeness (QED) is 0.786. The number of carbonyl (C=O) groups excluding carboxylic acids is 2. The third kappa shape index (κ3) is 2.97. The first kappa shape index (κ1) is 19.4. The second-order valence-electron chi connectivity index (χ2n) is 7.37. The maximum absolute atomic E-state index is 14.0. The number of carbonyl (C=O) groups is 2. The zero-order valence-electron chi connectivity index (χ0n) is 15.9. The van der Waals surface area contributed by atoms with Gasteiger partial charge in [0.1, 0.15) is 17.2 Å². The van der Waals surface area contributed by atoms with Crippen molar-refractivity contribution in [2.45, 2.75) is 31.8 Å².